The molecule has 8 heteroatoms. The van der Waals surface area contributed by atoms with Gasteiger partial charge in [0.05, 0.1) is 0 Å². The van der Waals surface area contributed by atoms with Crippen molar-refractivity contribution in [2.24, 2.45) is 0 Å². The highest BCUT2D eigenvalue weighted by Gasteiger charge is 2.24. The lowest BCUT2D eigenvalue weighted by Gasteiger charge is -2.12. The minimum Gasteiger partial charge on any atom is -0.473 e. The van der Waals surface area contributed by atoms with Gasteiger partial charge in [0, 0.05) is 18.3 Å². The van der Waals surface area contributed by atoms with Gasteiger partial charge in [-0.3, -0.25) is 0 Å². The van der Waals surface area contributed by atoms with Crippen LogP contribution in [0.5, 0.6) is 5.88 Å². The second-order valence-corrected chi connectivity index (χ2v) is 7.32. The predicted molar refractivity (Wildman–Crippen MR) is 95.4 cm³/mol. The minimum atomic E-state index is -4.39. The van der Waals surface area contributed by atoms with E-state index in [1.165, 1.54) is 6.20 Å². The SMILES string of the molecule is O=S(=O)(NCc1cccnc1OCc1ccccc1)c1c(F)cccc1F. The van der Waals surface area contributed by atoms with Gasteiger partial charge in [-0.25, -0.2) is 26.9 Å². The predicted octanol–water partition coefficient (Wildman–Crippen LogP) is 3.42. The molecule has 0 spiro atoms. The molecule has 2 aromatic carbocycles. The number of hydrogen-bond donors (Lipinski definition) is 1. The first kappa shape index (κ1) is 18.9. The number of rotatable bonds is 7. The van der Waals surface area contributed by atoms with Crippen molar-refractivity contribution in [2.45, 2.75) is 18.0 Å². The Morgan fingerprint density at radius 1 is 0.926 bits per heavy atom. The highest BCUT2D eigenvalue weighted by atomic mass is 32.2. The van der Waals surface area contributed by atoms with E-state index in [1.54, 1.807) is 12.1 Å². The molecule has 0 aliphatic heterocycles. The largest absolute Gasteiger partial charge is 0.473 e. The summed E-state index contributed by atoms with van der Waals surface area (Å²) in [6, 6.07) is 15.5. The lowest BCUT2D eigenvalue weighted by atomic mass is 10.2. The molecule has 3 rings (SSSR count). The molecule has 0 radical (unpaired) electrons. The molecule has 0 fully saturated rings. The van der Waals surface area contributed by atoms with Crippen molar-refractivity contribution < 1.29 is 21.9 Å². The molecule has 5 nitrogen and oxygen atoms in total. The van der Waals surface area contributed by atoms with Crippen LogP contribution < -0.4 is 9.46 Å². The fourth-order valence-electron chi connectivity index (χ4n) is 2.40. The standard InChI is InChI=1S/C19H16F2N2O3S/c20-16-9-4-10-17(21)18(16)27(24,25)23-12-15-8-5-11-22-19(15)26-13-14-6-2-1-3-7-14/h1-11,23H,12-13H2. The molecule has 0 unspecified atom stereocenters. The van der Waals surface area contributed by atoms with Crippen LogP contribution in [-0.2, 0) is 23.2 Å². The zero-order valence-electron chi connectivity index (χ0n) is 14.1. The molecule has 140 valence electrons. The molecule has 0 aliphatic carbocycles. The van der Waals surface area contributed by atoms with Crippen molar-refractivity contribution >= 4 is 10.0 Å². The Kier molecular flexibility index (Phi) is 5.78. The summed E-state index contributed by atoms with van der Waals surface area (Å²) in [6.07, 6.45) is 1.51. The summed E-state index contributed by atoms with van der Waals surface area (Å²) in [5.74, 6) is -2.08. The molecule has 0 saturated carbocycles. The third-order valence-corrected chi connectivity index (χ3v) is 5.16. The molecule has 0 atom stereocenters. The molecule has 3 aromatic rings. The van der Waals surface area contributed by atoms with Crippen molar-refractivity contribution in [3.8, 4) is 5.88 Å². The number of aromatic nitrogens is 1. The van der Waals surface area contributed by atoms with Gasteiger partial charge in [0.1, 0.15) is 18.2 Å². The fourth-order valence-corrected chi connectivity index (χ4v) is 3.54. The molecule has 1 aromatic heterocycles. The molecule has 0 bridgehead atoms. The van der Waals surface area contributed by atoms with Gasteiger partial charge in [0.2, 0.25) is 15.9 Å². The van der Waals surface area contributed by atoms with Crippen LogP contribution in [0.25, 0.3) is 0 Å². The van der Waals surface area contributed by atoms with E-state index in [9.17, 15) is 17.2 Å². The molecule has 27 heavy (non-hydrogen) atoms. The van der Waals surface area contributed by atoms with Gasteiger partial charge in [-0.2, -0.15) is 0 Å². The first-order chi connectivity index (χ1) is 13.0. The second-order valence-electron chi connectivity index (χ2n) is 5.62. The number of pyridine rings is 1. The number of benzene rings is 2. The Labute approximate surface area is 155 Å². The van der Waals surface area contributed by atoms with Gasteiger partial charge in [-0.15, -0.1) is 0 Å². The zero-order chi connectivity index (χ0) is 19.3. The van der Waals surface area contributed by atoms with Gasteiger partial charge in [-0.05, 0) is 23.8 Å². The highest BCUT2D eigenvalue weighted by Crippen LogP contribution is 2.20. The lowest BCUT2D eigenvalue weighted by molar-refractivity contribution is 0.290. The first-order valence-electron chi connectivity index (χ1n) is 8.01. The topological polar surface area (TPSA) is 68.3 Å². The molecular weight excluding hydrogens is 374 g/mol. The van der Waals surface area contributed by atoms with Crippen LogP contribution >= 0.6 is 0 Å². The maximum atomic E-state index is 13.8. The van der Waals surface area contributed by atoms with Crippen LogP contribution in [-0.4, -0.2) is 13.4 Å². The number of halogens is 2. The number of ether oxygens (including phenoxy) is 1. The maximum absolute atomic E-state index is 13.8. The quantitative estimate of drug-likeness (QED) is 0.671. The van der Waals surface area contributed by atoms with Crippen LogP contribution in [0.3, 0.4) is 0 Å². The van der Waals surface area contributed by atoms with Crippen molar-refractivity contribution in [1.29, 1.82) is 0 Å². The van der Waals surface area contributed by atoms with Crippen molar-refractivity contribution in [3.05, 3.63) is 89.6 Å². The van der Waals surface area contributed by atoms with Gasteiger partial charge < -0.3 is 4.74 Å². The van der Waals surface area contributed by atoms with Gasteiger partial charge in [0.15, 0.2) is 4.90 Å². The number of nitrogens with zero attached hydrogens (tertiary/aromatic N) is 1. The summed E-state index contributed by atoms with van der Waals surface area (Å²) in [4.78, 5) is 3.08. The number of nitrogens with one attached hydrogen (secondary N) is 1. The zero-order valence-corrected chi connectivity index (χ0v) is 14.9. The lowest BCUT2D eigenvalue weighted by Crippen LogP contribution is -2.25. The number of hydrogen-bond acceptors (Lipinski definition) is 4. The minimum absolute atomic E-state index is 0.228. The molecular formula is C19H16F2N2O3S. The smallest absolute Gasteiger partial charge is 0.246 e. The monoisotopic (exact) mass is 390 g/mol. The highest BCUT2D eigenvalue weighted by molar-refractivity contribution is 7.89. The molecule has 0 amide bonds. The van der Waals surface area contributed by atoms with E-state index in [0.29, 0.717) is 5.56 Å². The molecule has 1 N–H and O–H groups in total. The van der Waals surface area contributed by atoms with Gasteiger partial charge in [0.25, 0.3) is 0 Å². The van der Waals surface area contributed by atoms with E-state index in [2.05, 4.69) is 9.71 Å². The van der Waals surface area contributed by atoms with E-state index < -0.39 is 26.6 Å². The summed E-state index contributed by atoms with van der Waals surface area (Å²) in [5, 5.41) is 0. The Hall–Kier alpha value is -2.84. The second kappa shape index (κ2) is 8.24. The van der Waals surface area contributed by atoms with Crippen LogP contribution in [0.4, 0.5) is 8.78 Å². The van der Waals surface area contributed by atoms with Crippen LogP contribution in [0, 0.1) is 11.6 Å². The Balaban J connectivity index is 1.75. The van der Waals surface area contributed by atoms with Gasteiger partial charge in [-0.1, -0.05) is 42.5 Å². The van der Waals surface area contributed by atoms with E-state index in [0.717, 1.165) is 23.8 Å². The third kappa shape index (κ3) is 4.66. The Morgan fingerprint density at radius 3 is 2.33 bits per heavy atom. The Morgan fingerprint density at radius 2 is 1.63 bits per heavy atom. The summed E-state index contributed by atoms with van der Waals surface area (Å²) in [6.45, 7) is 0.0214. The Bertz CT molecular complexity index is 1010. The van der Waals surface area contributed by atoms with Crippen molar-refractivity contribution in [3.63, 3.8) is 0 Å². The summed E-state index contributed by atoms with van der Waals surface area (Å²) < 4.78 is 59.9. The van der Waals surface area contributed by atoms with Crippen molar-refractivity contribution in [2.75, 3.05) is 0 Å². The fraction of sp³-hybridized carbons (Fsp3) is 0.105. The molecule has 0 saturated heterocycles. The third-order valence-electron chi connectivity index (χ3n) is 3.71. The number of sulfonamides is 1. The maximum Gasteiger partial charge on any atom is 0.246 e. The average Bonchev–Trinajstić information content (AvgIpc) is 2.66. The van der Waals surface area contributed by atoms with Crippen LogP contribution in [0.1, 0.15) is 11.1 Å². The summed E-state index contributed by atoms with van der Waals surface area (Å²) in [5.41, 5.74) is 1.36. The van der Waals surface area contributed by atoms with E-state index >= 15 is 0 Å². The van der Waals surface area contributed by atoms with Gasteiger partial charge >= 0.3 is 0 Å². The van der Waals surface area contributed by atoms with Crippen LogP contribution in [0.2, 0.25) is 0 Å². The van der Waals surface area contributed by atoms with Crippen LogP contribution in [0.15, 0.2) is 71.8 Å². The van der Waals surface area contributed by atoms with Crippen molar-refractivity contribution in [1.82, 2.24) is 9.71 Å². The molecule has 0 aliphatic rings. The summed E-state index contributed by atoms with van der Waals surface area (Å²) >= 11 is 0. The van der Waals surface area contributed by atoms with E-state index in [4.69, 9.17) is 4.74 Å². The molecule has 1 heterocycles. The first-order valence-corrected chi connectivity index (χ1v) is 9.50. The van der Waals surface area contributed by atoms with E-state index in [-0.39, 0.29) is 19.0 Å². The normalized spacial score (nSPS) is 11.3. The summed E-state index contributed by atoms with van der Waals surface area (Å²) in [7, 11) is -4.39. The average molecular weight is 390 g/mol. The van der Waals surface area contributed by atoms with E-state index in [1.807, 2.05) is 30.3 Å².